The summed E-state index contributed by atoms with van der Waals surface area (Å²) >= 11 is 0. The second-order valence-corrected chi connectivity index (χ2v) is 6.44. The van der Waals surface area contributed by atoms with Crippen LogP contribution in [0.1, 0.15) is 18.9 Å². The summed E-state index contributed by atoms with van der Waals surface area (Å²) in [6.45, 7) is 1.69. The van der Waals surface area contributed by atoms with Gasteiger partial charge in [-0.2, -0.15) is 0 Å². The van der Waals surface area contributed by atoms with Gasteiger partial charge in [0, 0.05) is 12.0 Å². The Hall–Kier alpha value is -2.27. The maximum Gasteiger partial charge on any atom is 0.206 e. The normalized spacial score (nSPS) is 11.1. The summed E-state index contributed by atoms with van der Waals surface area (Å²) in [6.07, 6.45) is 0.253. The molecular formula is C16H15NO3S. The van der Waals surface area contributed by atoms with Gasteiger partial charge in [0.25, 0.3) is 0 Å². The second-order valence-electron chi connectivity index (χ2n) is 4.49. The number of hydrogen-bond acceptors (Lipinski definition) is 4. The Labute approximate surface area is 123 Å². The van der Waals surface area contributed by atoms with Crippen molar-refractivity contribution in [2.75, 3.05) is 0 Å². The van der Waals surface area contributed by atoms with Gasteiger partial charge in [-0.25, -0.2) is 8.42 Å². The van der Waals surface area contributed by atoms with E-state index < -0.39 is 9.84 Å². The van der Waals surface area contributed by atoms with Gasteiger partial charge < -0.3 is 0 Å². The highest BCUT2D eigenvalue weighted by Gasteiger charge is 2.18. The van der Waals surface area contributed by atoms with Crippen molar-refractivity contribution in [3.63, 3.8) is 0 Å². The third kappa shape index (κ3) is 3.08. The first-order valence-corrected chi connectivity index (χ1v) is 7.97. The van der Waals surface area contributed by atoms with E-state index in [9.17, 15) is 13.2 Å². The van der Waals surface area contributed by atoms with E-state index >= 15 is 0 Å². The number of sulfone groups is 1. The fourth-order valence-electron chi connectivity index (χ4n) is 1.87. The van der Waals surface area contributed by atoms with Crippen LogP contribution in [0.3, 0.4) is 0 Å². The molecule has 0 aliphatic heterocycles. The maximum absolute atomic E-state index is 12.4. The first-order valence-electron chi connectivity index (χ1n) is 6.49. The molecule has 0 spiro atoms. The highest BCUT2D eigenvalue weighted by Crippen LogP contribution is 2.21. The number of carbonyl (C=O) groups excluding carboxylic acids is 1. The molecule has 0 aliphatic rings. The van der Waals surface area contributed by atoms with Crippen molar-refractivity contribution >= 4 is 21.3 Å². The van der Waals surface area contributed by atoms with E-state index in [0.29, 0.717) is 5.56 Å². The molecule has 108 valence electrons. The number of carbonyl (C=O) groups is 1. The van der Waals surface area contributed by atoms with Crippen molar-refractivity contribution in [3.05, 3.63) is 60.2 Å². The van der Waals surface area contributed by atoms with Crippen molar-refractivity contribution in [1.29, 1.82) is 5.41 Å². The number of Topliss-reactive ketones (excluding diaryl/α,β-unsaturated/α-hetero) is 1. The molecule has 0 unspecified atom stereocenters. The van der Waals surface area contributed by atoms with Crippen LogP contribution in [0.2, 0.25) is 0 Å². The molecule has 0 heterocycles. The van der Waals surface area contributed by atoms with Gasteiger partial charge in [0.1, 0.15) is 5.71 Å². The Morgan fingerprint density at radius 2 is 1.48 bits per heavy atom. The van der Waals surface area contributed by atoms with Crippen LogP contribution in [0.25, 0.3) is 0 Å². The lowest BCUT2D eigenvalue weighted by molar-refractivity contribution is -0.112. The van der Waals surface area contributed by atoms with Crippen LogP contribution in [0.15, 0.2) is 64.4 Å². The Balaban J connectivity index is 2.36. The number of nitrogens with one attached hydrogen (secondary N) is 1. The van der Waals surface area contributed by atoms with Gasteiger partial charge in [-0.05, 0) is 24.3 Å². The third-order valence-electron chi connectivity index (χ3n) is 3.11. The fraction of sp³-hybridized carbons (Fsp3) is 0.125. The Kier molecular flexibility index (Phi) is 4.33. The molecule has 0 radical (unpaired) electrons. The summed E-state index contributed by atoms with van der Waals surface area (Å²) in [5, 5.41) is 7.73. The lowest BCUT2D eigenvalue weighted by Gasteiger charge is -2.06. The molecule has 0 fully saturated rings. The Morgan fingerprint density at radius 1 is 0.952 bits per heavy atom. The number of benzene rings is 2. The largest absolute Gasteiger partial charge is 0.297 e. The van der Waals surface area contributed by atoms with E-state index in [-0.39, 0.29) is 27.7 Å². The summed E-state index contributed by atoms with van der Waals surface area (Å²) in [5.41, 5.74) is 0.329. The molecule has 1 N–H and O–H groups in total. The van der Waals surface area contributed by atoms with E-state index in [2.05, 4.69) is 0 Å². The Bertz CT molecular complexity index is 763. The molecule has 0 saturated carbocycles. The number of rotatable bonds is 5. The molecule has 21 heavy (non-hydrogen) atoms. The van der Waals surface area contributed by atoms with Gasteiger partial charge in [-0.15, -0.1) is 0 Å². The van der Waals surface area contributed by atoms with Gasteiger partial charge in [0.15, 0.2) is 5.78 Å². The smallest absolute Gasteiger partial charge is 0.206 e. The molecule has 4 nitrogen and oxygen atoms in total. The minimum atomic E-state index is -3.56. The molecule has 0 bridgehead atoms. The first-order chi connectivity index (χ1) is 9.96. The van der Waals surface area contributed by atoms with Crippen LogP contribution in [0, 0.1) is 5.41 Å². The van der Waals surface area contributed by atoms with Crippen LogP contribution in [-0.4, -0.2) is 19.9 Å². The molecule has 0 saturated heterocycles. The Morgan fingerprint density at radius 3 is 2.00 bits per heavy atom. The molecular weight excluding hydrogens is 286 g/mol. The minimum absolute atomic E-state index is 0.0961. The zero-order valence-electron chi connectivity index (χ0n) is 11.5. The first kappa shape index (κ1) is 15.1. The van der Waals surface area contributed by atoms with E-state index in [1.54, 1.807) is 25.1 Å². The maximum atomic E-state index is 12.4. The average Bonchev–Trinajstić information content (AvgIpc) is 2.54. The van der Waals surface area contributed by atoms with Gasteiger partial charge in [-0.1, -0.05) is 37.3 Å². The van der Waals surface area contributed by atoms with Gasteiger partial charge in [0.05, 0.1) is 9.79 Å². The zero-order valence-corrected chi connectivity index (χ0v) is 12.4. The van der Waals surface area contributed by atoms with Crippen LogP contribution >= 0.6 is 0 Å². The van der Waals surface area contributed by atoms with E-state index in [1.165, 1.54) is 36.4 Å². The molecule has 0 amide bonds. The predicted octanol–water partition coefficient (Wildman–Crippen LogP) is 2.87. The van der Waals surface area contributed by atoms with Crippen LogP contribution in [-0.2, 0) is 14.6 Å². The molecule has 0 atom stereocenters. The highest BCUT2D eigenvalue weighted by atomic mass is 32.2. The standard InChI is InChI=1S/C16H15NO3S/c1-2-15(18)16(17)12-8-10-14(11-9-12)21(19,20)13-6-4-3-5-7-13/h3-11,17H,2H2,1H3. The second kappa shape index (κ2) is 6.01. The number of hydrogen-bond donors (Lipinski definition) is 1. The van der Waals surface area contributed by atoms with Gasteiger partial charge >= 0.3 is 0 Å². The SMILES string of the molecule is CCC(=O)C(=N)c1ccc(S(=O)(=O)c2ccccc2)cc1. The lowest BCUT2D eigenvalue weighted by Crippen LogP contribution is -2.13. The topological polar surface area (TPSA) is 75.1 Å². The monoisotopic (exact) mass is 301 g/mol. The minimum Gasteiger partial charge on any atom is -0.297 e. The summed E-state index contributed by atoms with van der Waals surface area (Å²) in [7, 11) is -3.56. The quantitative estimate of drug-likeness (QED) is 0.863. The van der Waals surface area contributed by atoms with Crippen LogP contribution in [0.5, 0.6) is 0 Å². The fourth-order valence-corrected chi connectivity index (χ4v) is 3.16. The molecule has 0 aliphatic carbocycles. The summed E-state index contributed by atoms with van der Waals surface area (Å²) in [6, 6.07) is 14.0. The van der Waals surface area contributed by atoms with Gasteiger partial charge in [-0.3, -0.25) is 10.2 Å². The van der Waals surface area contributed by atoms with Crippen molar-refractivity contribution in [2.45, 2.75) is 23.1 Å². The molecule has 2 aromatic carbocycles. The van der Waals surface area contributed by atoms with E-state index in [0.717, 1.165) is 0 Å². The van der Waals surface area contributed by atoms with E-state index in [4.69, 9.17) is 5.41 Å². The molecule has 2 aromatic rings. The lowest BCUT2D eigenvalue weighted by atomic mass is 10.1. The predicted molar refractivity (Wildman–Crippen MR) is 80.5 cm³/mol. The average molecular weight is 301 g/mol. The summed E-state index contributed by atoms with van der Waals surface area (Å²) in [5.74, 6) is -0.270. The molecule has 2 rings (SSSR count). The zero-order chi connectivity index (χ0) is 15.5. The number of ketones is 1. The summed E-state index contributed by atoms with van der Waals surface area (Å²) in [4.78, 5) is 11.8. The third-order valence-corrected chi connectivity index (χ3v) is 4.89. The highest BCUT2D eigenvalue weighted by molar-refractivity contribution is 7.91. The molecule has 5 heteroatoms. The van der Waals surface area contributed by atoms with E-state index in [1.807, 2.05) is 0 Å². The van der Waals surface area contributed by atoms with Crippen molar-refractivity contribution < 1.29 is 13.2 Å². The van der Waals surface area contributed by atoms with Crippen molar-refractivity contribution in [2.24, 2.45) is 0 Å². The van der Waals surface area contributed by atoms with Gasteiger partial charge in [0.2, 0.25) is 9.84 Å². The molecule has 0 aromatic heterocycles. The van der Waals surface area contributed by atoms with Crippen molar-refractivity contribution in [3.8, 4) is 0 Å². The van der Waals surface area contributed by atoms with Crippen LogP contribution in [0.4, 0.5) is 0 Å². The van der Waals surface area contributed by atoms with Crippen LogP contribution < -0.4 is 0 Å². The summed E-state index contributed by atoms with van der Waals surface area (Å²) < 4.78 is 24.8. The van der Waals surface area contributed by atoms with Crippen molar-refractivity contribution in [1.82, 2.24) is 0 Å².